The number of ketones is 2. The molecule has 43 heavy (non-hydrogen) atoms. The van der Waals surface area contributed by atoms with Gasteiger partial charge in [-0.2, -0.15) is 13.2 Å². The van der Waals surface area contributed by atoms with Crippen molar-refractivity contribution < 1.29 is 52.7 Å². The number of aliphatic hydroxyl groups is 3. The number of carbonyl (C=O) groups excluding carboxylic acids is 3. The highest BCUT2D eigenvalue weighted by Crippen LogP contribution is 2.54. The van der Waals surface area contributed by atoms with Crippen LogP contribution in [0.5, 0.6) is 5.75 Å². The molecule has 0 saturated heterocycles. The number of rotatable bonds is 8. The van der Waals surface area contributed by atoms with Gasteiger partial charge in [0, 0.05) is 24.6 Å². The highest BCUT2D eigenvalue weighted by atomic mass is 19.4. The third-order valence-electron chi connectivity index (χ3n) is 8.45. The number of alkyl halides is 3. The smallest absolute Gasteiger partial charge is 0.417 e. The number of carbonyl (C=O) groups is 3. The molecule has 1 amide bonds. The molecule has 0 aliphatic heterocycles. The highest BCUT2D eigenvalue weighted by Gasteiger charge is 2.64. The van der Waals surface area contributed by atoms with Crippen LogP contribution in [0, 0.1) is 11.8 Å². The molecule has 0 radical (unpaired) electrons. The first kappa shape index (κ1) is 32.5. The Labute approximate surface area is 246 Å². The number of primary amides is 1. The Bertz CT molecular complexity index is 1430. The summed E-state index contributed by atoms with van der Waals surface area (Å²) in [4.78, 5) is 42.1. The Morgan fingerprint density at radius 1 is 1.19 bits per heavy atom. The Hall–Kier alpha value is -3.46. The second-order valence-electron chi connectivity index (χ2n) is 11.9. The van der Waals surface area contributed by atoms with Gasteiger partial charge in [-0.25, -0.2) is 0 Å². The molecular weight excluding hydrogens is 575 g/mol. The average molecular weight is 612 g/mol. The van der Waals surface area contributed by atoms with Crippen molar-refractivity contribution in [2.45, 2.75) is 57.2 Å². The number of likely N-dealkylation sites (N-methyl/N-ethyl adjacent to an activating group) is 2. The minimum Gasteiger partial charge on any atom is -0.508 e. The monoisotopic (exact) mass is 611 g/mol. The predicted octanol–water partition coefficient (Wildman–Crippen LogP) is 1.84. The van der Waals surface area contributed by atoms with Crippen LogP contribution in [-0.2, 0) is 38.3 Å². The van der Waals surface area contributed by atoms with Gasteiger partial charge in [-0.1, -0.05) is 0 Å². The first-order chi connectivity index (χ1) is 19.8. The zero-order valence-electron chi connectivity index (χ0n) is 24.4. The van der Waals surface area contributed by atoms with Gasteiger partial charge in [0.1, 0.15) is 22.8 Å². The number of amides is 1. The molecule has 1 saturated carbocycles. The lowest BCUT2D eigenvalue weighted by Crippen LogP contribution is -2.65. The van der Waals surface area contributed by atoms with Crippen molar-refractivity contribution in [2.24, 2.45) is 17.6 Å². The first-order valence-corrected chi connectivity index (χ1v) is 13.7. The summed E-state index contributed by atoms with van der Waals surface area (Å²) in [5, 5.41) is 44.7. The Morgan fingerprint density at radius 3 is 2.35 bits per heavy atom. The molecule has 0 unspecified atom stereocenters. The van der Waals surface area contributed by atoms with Gasteiger partial charge in [0.2, 0.25) is 5.78 Å². The van der Waals surface area contributed by atoms with E-state index < -0.39 is 98.7 Å². The topological polar surface area (TPSA) is 174 Å². The van der Waals surface area contributed by atoms with Crippen LogP contribution in [0.4, 0.5) is 13.2 Å². The number of aromatic hydroxyl groups is 1. The fraction of sp³-hybridized carbons (Fsp3) is 0.552. The maximum absolute atomic E-state index is 14.7. The number of benzene rings is 1. The van der Waals surface area contributed by atoms with Crippen LogP contribution in [0.15, 0.2) is 23.0 Å². The summed E-state index contributed by atoms with van der Waals surface area (Å²) in [6, 6.07) is -0.464. The standard InChI is InChI=1S/C29H36F3N3O8/c1-12(2)43-7-6-35(5)11-14-10-17(36)19-15(21(14)29(30,31)32)8-13-9-16-22(34(3)4)24(38)20(27(33)41)26(40)28(16,42)25(39)18(13)23(19)37/h10,12-13,16,22,36-37,40,42H,6-9,11H2,1-5H3,(H2,33,41)/t13-,16-,22-,28-/m0/s1. The van der Waals surface area contributed by atoms with E-state index in [0.717, 1.165) is 6.07 Å². The van der Waals surface area contributed by atoms with Gasteiger partial charge in [0.15, 0.2) is 11.4 Å². The SMILES string of the molecule is CC(C)OCCN(C)Cc1cc(O)c2c(c1C(F)(F)F)C[C@H]1C[C@H]3[C@H](N(C)C)C(=O)C(C(N)=O)=C(O)[C@@]3(O)C(=O)C1=C2O. The van der Waals surface area contributed by atoms with E-state index in [0.29, 0.717) is 6.54 Å². The molecule has 4 atom stereocenters. The molecule has 3 aliphatic rings. The van der Waals surface area contributed by atoms with Crippen molar-refractivity contribution in [1.29, 1.82) is 0 Å². The van der Waals surface area contributed by atoms with Crippen molar-refractivity contribution in [1.82, 2.24) is 9.80 Å². The molecule has 1 aromatic rings. The van der Waals surface area contributed by atoms with Gasteiger partial charge in [-0.3, -0.25) is 24.2 Å². The van der Waals surface area contributed by atoms with Crippen molar-refractivity contribution in [3.8, 4) is 5.75 Å². The fourth-order valence-electron chi connectivity index (χ4n) is 6.68. The average Bonchev–Trinajstić information content (AvgIpc) is 2.84. The fourth-order valence-corrected chi connectivity index (χ4v) is 6.68. The second kappa shape index (κ2) is 11.2. The summed E-state index contributed by atoms with van der Waals surface area (Å²) < 4.78 is 49.5. The lowest BCUT2D eigenvalue weighted by molar-refractivity contribution is -0.153. The van der Waals surface area contributed by atoms with E-state index in [1.807, 2.05) is 13.8 Å². The predicted molar refractivity (Wildman–Crippen MR) is 147 cm³/mol. The lowest BCUT2D eigenvalue weighted by atomic mass is 9.57. The van der Waals surface area contributed by atoms with Crippen molar-refractivity contribution in [2.75, 3.05) is 34.3 Å². The maximum atomic E-state index is 14.7. The number of nitrogens with two attached hydrogens (primary N) is 1. The molecule has 3 aliphatic carbocycles. The van der Waals surface area contributed by atoms with Gasteiger partial charge in [0.05, 0.1) is 29.9 Å². The number of fused-ring (bicyclic) bond motifs is 3. The van der Waals surface area contributed by atoms with E-state index in [1.165, 1.54) is 19.0 Å². The van der Waals surface area contributed by atoms with Gasteiger partial charge in [-0.15, -0.1) is 0 Å². The number of phenols is 1. The lowest BCUT2D eigenvalue weighted by Gasteiger charge is -2.50. The van der Waals surface area contributed by atoms with Crippen LogP contribution in [-0.4, -0.2) is 99.7 Å². The van der Waals surface area contributed by atoms with Crippen LogP contribution < -0.4 is 5.73 Å². The molecule has 0 spiro atoms. The molecule has 4 rings (SSSR count). The van der Waals surface area contributed by atoms with Crippen LogP contribution in [0.1, 0.15) is 42.5 Å². The number of hydrogen-bond acceptors (Lipinski definition) is 10. The minimum absolute atomic E-state index is 0.0712. The third-order valence-corrected chi connectivity index (χ3v) is 8.45. The normalized spacial score (nSPS) is 25.9. The van der Waals surface area contributed by atoms with Crippen molar-refractivity contribution >= 4 is 23.2 Å². The number of nitrogens with zero attached hydrogens (tertiary/aromatic N) is 2. The summed E-state index contributed by atoms with van der Waals surface area (Å²) >= 11 is 0. The molecule has 236 valence electrons. The molecule has 14 heteroatoms. The molecule has 1 aromatic carbocycles. The highest BCUT2D eigenvalue weighted by molar-refractivity contribution is 6.24. The number of hydrogen-bond donors (Lipinski definition) is 5. The Morgan fingerprint density at radius 2 is 1.81 bits per heavy atom. The van der Waals surface area contributed by atoms with Crippen molar-refractivity contribution in [3.05, 3.63) is 45.2 Å². The van der Waals surface area contributed by atoms with Crippen LogP contribution >= 0.6 is 0 Å². The summed E-state index contributed by atoms with van der Waals surface area (Å²) in [5.74, 6) is -9.13. The van der Waals surface area contributed by atoms with E-state index in [1.54, 1.807) is 11.9 Å². The zero-order chi connectivity index (χ0) is 32.3. The largest absolute Gasteiger partial charge is 0.508 e. The second-order valence-corrected chi connectivity index (χ2v) is 11.9. The van der Waals surface area contributed by atoms with E-state index in [2.05, 4.69) is 0 Å². The Balaban J connectivity index is 1.89. The van der Waals surface area contributed by atoms with E-state index >= 15 is 0 Å². The zero-order valence-corrected chi connectivity index (χ0v) is 24.4. The van der Waals surface area contributed by atoms with Gasteiger partial charge in [-0.05, 0) is 70.9 Å². The van der Waals surface area contributed by atoms with E-state index in [9.17, 15) is 48.0 Å². The molecule has 1 fully saturated rings. The van der Waals surface area contributed by atoms with Crippen LogP contribution in [0.25, 0.3) is 5.76 Å². The van der Waals surface area contributed by atoms with E-state index in [4.69, 9.17) is 10.5 Å². The molecular formula is C29H36F3N3O8. The maximum Gasteiger partial charge on any atom is 0.417 e. The molecule has 6 N–H and O–H groups in total. The van der Waals surface area contributed by atoms with Crippen LogP contribution in [0.3, 0.4) is 0 Å². The molecule has 0 aromatic heterocycles. The Kier molecular flexibility index (Phi) is 8.48. The quantitative estimate of drug-likeness (QED) is 0.273. The number of halogens is 3. The van der Waals surface area contributed by atoms with E-state index in [-0.39, 0.29) is 31.2 Å². The summed E-state index contributed by atoms with van der Waals surface area (Å²) in [6.07, 6.45) is -5.77. The molecule has 0 heterocycles. The summed E-state index contributed by atoms with van der Waals surface area (Å²) in [6.45, 7) is 3.99. The van der Waals surface area contributed by atoms with Gasteiger partial charge < -0.3 is 30.9 Å². The third kappa shape index (κ3) is 5.30. The van der Waals surface area contributed by atoms with Gasteiger partial charge >= 0.3 is 6.18 Å². The van der Waals surface area contributed by atoms with Crippen LogP contribution in [0.2, 0.25) is 0 Å². The number of Topliss-reactive ketones (excluding diaryl/α,β-unsaturated/α-hetero) is 2. The summed E-state index contributed by atoms with van der Waals surface area (Å²) in [5.41, 5.74) is -1.45. The summed E-state index contributed by atoms with van der Waals surface area (Å²) in [7, 11) is 4.46. The first-order valence-electron chi connectivity index (χ1n) is 13.7. The number of aliphatic hydroxyl groups excluding tert-OH is 2. The molecule has 0 bridgehead atoms. The number of phenolic OH excluding ortho intramolecular Hbond substituents is 1. The van der Waals surface area contributed by atoms with Crippen molar-refractivity contribution in [3.63, 3.8) is 0 Å². The van der Waals surface area contributed by atoms with Gasteiger partial charge in [0.25, 0.3) is 5.91 Å². The minimum atomic E-state index is -4.91. The number of ether oxygens (including phenoxy) is 1. The molecule has 11 nitrogen and oxygen atoms in total.